The van der Waals surface area contributed by atoms with Crippen molar-refractivity contribution in [3.63, 3.8) is 0 Å². The average molecular weight is 428 g/mol. The van der Waals surface area contributed by atoms with Crippen molar-refractivity contribution in [3.05, 3.63) is 41.8 Å². The fourth-order valence-electron chi connectivity index (χ4n) is 3.83. The van der Waals surface area contributed by atoms with Crippen molar-refractivity contribution in [3.8, 4) is 0 Å². The van der Waals surface area contributed by atoms with Gasteiger partial charge in [0, 0.05) is 39.6 Å². The van der Waals surface area contributed by atoms with Gasteiger partial charge in [0.1, 0.15) is 12.4 Å². The summed E-state index contributed by atoms with van der Waals surface area (Å²) in [5, 5.41) is 11.0. The van der Waals surface area contributed by atoms with E-state index in [1.807, 2.05) is 24.0 Å². The Morgan fingerprint density at radius 1 is 1.16 bits per heavy atom. The van der Waals surface area contributed by atoms with E-state index in [1.54, 1.807) is 12.1 Å². The van der Waals surface area contributed by atoms with Crippen LogP contribution in [0.15, 0.2) is 30.3 Å². The first-order valence-corrected chi connectivity index (χ1v) is 10.2. The number of rotatable bonds is 5. The Labute approximate surface area is 179 Å². The molecule has 2 saturated heterocycles. The standard InChI is InChI=1S/C21H25FN6O3/c1-14-3-6-20(25-24-14)27-9-7-26(8-10-27)19-5-4-16(11-18(19)22)28-17(12-23-15(2)29)13-31-21(28)30/h3-6,11,17H,7-10,12-13H2,1-2H3,(H,23,29). The molecule has 4 rings (SSSR count). The normalized spacial score (nSPS) is 18.9. The highest BCUT2D eigenvalue weighted by molar-refractivity contribution is 5.90. The number of aromatic nitrogens is 2. The molecule has 0 aliphatic carbocycles. The Bertz CT molecular complexity index is 962. The number of carbonyl (C=O) groups is 2. The second kappa shape index (κ2) is 8.75. The topological polar surface area (TPSA) is 90.9 Å². The Kier molecular flexibility index (Phi) is 5.88. The smallest absolute Gasteiger partial charge is 0.414 e. The summed E-state index contributed by atoms with van der Waals surface area (Å²) in [5.74, 6) is 0.217. The lowest BCUT2D eigenvalue weighted by Crippen LogP contribution is -2.47. The van der Waals surface area contributed by atoms with Gasteiger partial charge < -0.3 is 19.9 Å². The molecule has 1 unspecified atom stereocenters. The van der Waals surface area contributed by atoms with Gasteiger partial charge in [-0.05, 0) is 37.3 Å². The number of aryl methyl sites for hydroxylation is 1. The van der Waals surface area contributed by atoms with Gasteiger partial charge in [-0.15, -0.1) is 5.10 Å². The molecule has 3 heterocycles. The van der Waals surface area contributed by atoms with E-state index in [0.29, 0.717) is 37.6 Å². The van der Waals surface area contributed by atoms with E-state index < -0.39 is 11.9 Å². The minimum absolute atomic E-state index is 0.145. The zero-order valence-electron chi connectivity index (χ0n) is 17.5. The molecule has 0 radical (unpaired) electrons. The highest BCUT2D eigenvalue weighted by Gasteiger charge is 2.35. The lowest BCUT2D eigenvalue weighted by atomic mass is 10.2. The van der Waals surface area contributed by atoms with Gasteiger partial charge >= 0.3 is 6.09 Å². The van der Waals surface area contributed by atoms with Crippen LogP contribution in [0.25, 0.3) is 0 Å². The van der Waals surface area contributed by atoms with Crippen LogP contribution < -0.4 is 20.0 Å². The number of cyclic esters (lactones) is 1. The van der Waals surface area contributed by atoms with Crippen LogP contribution in [-0.4, -0.2) is 67.6 Å². The van der Waals surface area contributed by atoms with Gasteiger partial charge in [0.25, 0.3) is 0 Å². The van der Waals surface area contributed by atoms with Crippen molar-refractivity contribution in [1.29, 1.82) is 0 Å². The van der Waals surface area contributed by atoms with Crippen LogP contribution in [0.2, 0.25) is 0 Å². The molecule has 10 heteroatoms. The molecule has 2 amide bonds. The maximum absolute atomic E-state index is 15.0. The number of hydrogen-bond donors (Lipinski definition) is 1. The predicted octanol–water partition coefficient (Wildman–Crippen LogP) is 1.71. The van der Waals surface area contributed by atoms with Crippen molar-refractivity contribution in [2.24, 2.45) is 0 Å². The maximum atomic E-state index is 15.0. The summed E-state index contributed by atoms with van der Waals surface area (Å²) in [4.78, 5) is 28.9. The van der Waals surface area contributed by atoms with Crippen molar-refractivity contribution in [1.82, 2.24) is 15.5 Å². The number of benzene rings is 1. The van der Waals surface area contributed by atoms with Gasteiger partial charge in [-0.2, -0.15) is 5.10 Å². The van der Waals surface area contributed by atoms with Crippen LogP contribution in [-0.2, 0) is 9.53 Å². The van der Waals surface area contributed by atoms with E-state index in [1.165, 1.54) is 17.9 Å². The number of piperazine rings is 1. The summed E-state index contributed by atoms with van der Waals surface area (Å²) >= 11 is 0. The van der Waals surface area contributed by atoms with E-state index in [2.05, 4.69) is 20.4 Å². The molecule has 1 N–H and O–H groups in total. The molecule has 0 spiro atoms. The molecule has 1 aromatic carbocycles. The van der Waals surface area contributed by atoms with Gasteiger partial charge in [0.2, 0.25) is 5.91 Å². The first-order chi connectivity index (χ1) is 14.9. The Morgan fingerprint density at radius 3 is 2.55 bits per heavy atom. The first kappa shape index (κ1) is 20.8. The minimum atomic E-state index is -0.546. The van der Waals surface area contributed by atoms with Crippen molar-refractivity contribution < 1.29 is 18.7 Å². The second-order valence-electron chi connectivity index (χ2n) is 7.68. The van der Waals surface area contributed by atoms with Gasteiger partial charge in [0.15, 0.2) is 5.82 Å². The maximum Gasteiger partial charge on any atom is 0.414 e. The van der Waals surface area contributed by atoms with Crippen LogP contribution in [0.1, 0.15) is 12.6 Å². The third-order valence-electron chi connectivity index (χ3n) is 5.49. The van der Waals surface area contributed by atoms with Crippen LogP contribution in [0.3, 0.4) is 0 Å². The number of carbonyl (C=O) groups excluding carboxylic acids is 2. The molecule has 2 fully saturated rings. The fraction of sp³-hybridized carbons (Fsp3) is 0.429. The zero-order chi connectivity index (χ0) is 22.0. The molecular formula is C21H25FN6O3. The van der Waals surface area contributed by atoms with Crippen LogP contribution in [0.5, 0.6) is 0 Å². The number of halogens is 1. The highest BCUT2D eigenvalue weighted by atomic mass is 19.1. The zero-order valence-corrected chi connectivity index (χ0v) is 17.5. The number of nitrogens with zero attached hydrogens (tertiary/aromatic N) is 5. The number of amides is 2. The van der Waals surface area contributed by atoms with Crippen LogP contribution in [0.4, 0.5) is 26.4 Å². The van der Waals surface area contributed by atoms with Gasteiger partial charge in [-0.25, -0.2) is 9.18 Å². The summed E-state index contributed by atoms with van der Waals surface area (Å²) in [5.41, 5.74) is 1.77. The number of anilines is 3. The summed E-state index contributed by atoms with van der Waals surface area (Å²) < 4.78 is 20.1. The Hall–Kier alpha value is -3.43. The summed E-state index contributed by atoms with van der Waals surface area (Å²) in [6, 6.07) is 8.24. The Balaban J connectivity index is 1.43. The molecule has 2 aliphatic rings. The lowest BCUT2D eigenvalue weighted by Gasteiger charge is -2.36. The first-order valence-electron chi connectivity index (χ1n) is 10.2. The number of hydrogen-bond acceptors (Lipinski definition) is 7. The van der Waals surface area contributed by atoms with E-state index in [0.717, 1.165) is 11.5 Å². The third-order valence-corrected chi connectivity index (χ3v) is 5.49. The molecule has 9 nitrogen and oxygen atoms in total. The lowest BCUT2D eigenvalue weighted by molar-refractivity contribution is -0.119. The molecule has 0 bridgehead atoms. The molecule has 1 aromatic heterocycles. The summed E-state index contributed by atoms with van der Waals surface area (Å²) in [6.07, 6.45) is -0.546. The van der Waals surface area contributed by atoms with Gasteiger partial charge in [-0.3, -0.25) is 9.69 Å². The molecule has 31 heavy (non-hydrogen) atoms. The van der Waals surface area contributed by atoms with Gasteiger partial charge in [0.05, 0.1) is 23.1 Å². The van der Waals surface area contributed by atoms with E-state index in [9.17, 15) is 14.0 Å². The monoisotopic (exact) mass is 428 g/mol. The predicted molar refractivity (Wildman–Crippen MR) is 114 cm³/mol. The molecule has 1 atom stereocenters. The average Bonchev–Trinajstić information content (AvgIpc) is 3.13. The minimum Gasteiger partial charge on any atom is -0.447 e. The SMILES string of the molecule is CC(=O)NCC1COC(=O)N1c1ccc(N2CCN(c3ccc(C)nn3)CC2)c(F)c1. The summed E-state index contributed by atoms with van der Waals surface area (Å²) in [7, 11) is 0. The molecule has 0 saturated carbocycles. The van der Waals surface area contributed by atoms with Crippen LogP contribution in [0, 0.1) is 12.7 Å². The molecule has 164 valence electrons. The summed E-state index contributed by atoms with van der Waals surface area (Å²) in [6.45, 7) is 6.38. The fourth-order valence-corrected chi connectivity index (χ4v) is 3.83. The highest BCUT2D eigenvalue weighted by Crippen LogP contribution is 2.29. The van der Waals surface area contributed by atoms with Crippen molar-refractivity contribution in [2.45, 2.75) is 19.9 Å². The molecule has 2 aromatic rings. The number of ether oxygens (including phenoxy) is 1. The Morgan fingerprint density at radius 2 is 1.90 bits per heavy atom. The van der Waals surface area contributed by atoms with E-state index in [-0.39, 0.29) is 25.1 Å². The second-order valence-corrected chi connectivity index (χ2v) is 7.68. The van der Waals surface area contributed by atoms with Gasteiger partial charge in [-0.1, -0.05) is 0 Å². The van der Waals surface area contributed by atoms with Crippen LogP contribution >= 0.6 is 0 Å². The van der Waals surface area contributed by atoms with Crippen molar-refractivity contribution in [2.75, 3.05) is 54.0 Å². The third kappa shape index (κ3) is 4.52. The molecule has 2 aliphatic heterocycles. The van der Waals surface area contributed by atoms with E-state index >= 15 is 0 Å². The number of nitrogens with one attached hydrogen (secondary N) is 1. The molecular weight excluding hydrogens is 403 g/mol. The van der Waals surface area contributed by atoms with Crippen molar-refractivity contribution >= 4 is 29.2 Å². The quantitative estimate of drug-likeness (QED) is 0.775. The largest absolute Gasteiger partial charge is 0.447 e. The van der Waals surface area contributed by atoms with E-state index in [4.69, 9.17) is 4.74 Å².